The topological polar surface area (TPSA) is 138 Å². The molecule has 2 heterocycles. The fourth-order valence-electron chi connectivity index (χ4n) is 3.58. The van der Waals surface area contributed by atoms with Crippen molar-refractivity contribution >= 4 is 38.7 Å². The predicted octanol–water partition coefficient (Wildman–Crippen LogP) is 3.18. The van der Waals surface area contributed by atoms with Crippen LogP contribution in [0.5, 0.6) is 5.75 Å². The molecule has 0 aliphatic carbocycles. The summed E-state index contributed by atoms with van der Waals surface area (Å²) in [4.78, 5) is 29.1. The number of hydrogen-bond donors (Lipinski definition) is 3. The number of benzene rings is 1. The molecule has 4 rings (SSSR count). The summed E-state index contributed by atoms with van der Waals surface area (Å²) in [6.07, 6.45) is 1.07. The number of aryl methyl sites for hydroxylation is 1. The Balaban J connectivity index is 1.66. The number of furan rings is 1. The van der Waals surface area contributed by atoms with E-state index < -0.39 is 31.5 Å². The number of anilines is 3. The highest BCUT2D eigenvalue weighted by Crippen LogP contribution is 2.40. The lowest BCUT2D eigenvalue weighted by Crippen LogP contribution is -2.37. The fraction of sp³-hybridized carbons (Fsp3) is 0.333. The first-order valence-electron chi connectivity index (χ1n) is 10.3. The number of aromatic hydroxyl groups is 1. The van der Waals surface area contributed by atoms with E-state index in [9.17, 15) is 23.1 Å². The van der Waals surface area contributed by atoms with Gasteiger partial charge in [0.2, 0.25) is 0 Å². The summed E-state index contributed by atoms with van der Waals surface area (Å²) in [5.74, 6) is 0.614. The van der Waals surface area contributed by atoms with Gasteiger partial charge in [-0.3, -0.25) is 14.4 Å². The molecule has 0 bridgehead atoms. The van der Waals surface area contributed by atoms with E-state index in [0.29, 0.717) is 24.4 Å². The van der Waals surface area contributed by atoms with Crippen LogP contribution in [0.1, 0.15) is 37.3 Å². The Kier molecular flexibility index (Phi) is 6.23. The number of phenols is 1. The van der Waals surface area contributed by atoms with Crippen molar-refractivity contribution in [2.45, 2.75) is 37.6 Å². The highest BCUT2D eigenvalue weighted by molar-refractivity contribution is 7.89. The van der Waals surface area contributed by atoms with Gasteiger partial charge in [-0.25, -0.2) is 8.42 Å². The second kappa shape index (κ2) is 8.82. The molecule has 1 saturated heterocycles. The van der Waals surface area contributed by atoms with Crippen LogP contribution in [0, 0.1) is 6.92 Å². The summed E-state index contributed by atoms with van der Waals surface area (Å²) in [6, 6.07) is 5.78. The number of hydrogen-bond acceptors (Lipinski definition) is 9. The molecule has 2 aromatic carbocycles. The minimum atomic E-state index is -4.25. The molecule has 0 amide bonds. The molecule has 1 aliphatic heterocycles. The quantitative estimate of drug-likeness (QED) is 0.317. The largest absolute Gasteiger partial charge is 0.504 e. The third kappa shape index (κ3) is 4.12. The van der Waals surface area contributed by atoms with Gasteiger partial charge in [-0.2, -0.15) is 0 Å². The van der Waals surface area contributed by atoms with Crippen LogP contribution in [0.15, 0.2) is 43.2 Å². The Bertz CT molecular complexity index is 1370. The van der Waals surface area contributed by atoms with Crippen LogP contribution in [0.4, 0.5) is 17.1 Å². The Morgan fingerprint density at radius 2 is 1.91 bits per heavy atom. The van der Waals surface area contributed by atoms with E-state index in [0.717, 1.165) is 4.47 Å². The second-order valence-corrected chi connectivity index (χ2v) is 9.75. The van der Waals surface area contributed by atoms with E-state index in [1.54, 1.807) is 19.1 Å². The summed E-state index contributed by atoms with van der Waals surface area (Å²) in [5.41, 5.74) is -1.72. The monoisotopic (exact) mass is 495 g/mol. The fourth-order valence-corrected chi connectivity index (χ4v) is 5.48. The summed E-state index contributed by atoms with van der Waals surface area (Å²) < 4.78 is 32.2. The number of nitrogens with one attached hydrogen (secondary N) is 2. The van der Waals surface area contributed by atoms with Crippen molar-refractivity contribution in [3.63, 3.8) is 0 Å². The van der Waals surface area contributed by atoms with Gasteiger partial charge in [0.05, 0.1) is 23.4 Å². The Hall–Kier alpha value is -2.86. The highest BCUT2D eigenvalue weighted by atomic mass is 35.5. The lowest BCUT2D eigenvalue weighted by molar-refractivity contribution is -0.0285. The first kappa shape index (κ1) is 23.3. The molecule has 1 aliphatic rings. The average molecular weight is 496 g/mol. The van der Waals surface area contributed by atoms with Gasteiger partial charge in [0.1, 0.15) is 27.8 Å². The minimum absolute atomic E-state index is 0.0162. The molecular weight excluding hydrogens is 474 g/mol. The van der Waals surface area contributed by atoms with Crippen LogP contribution in [-0.4, -0.2) is 31.1 Å². The maximum Gasteiger partial charge on any atom is 0.270 e. The summed E-state index contributed by atoms with van der Waals surface area (Å²) in [5, 5.41) is 16.2. The summed E-state index contributed by atoms with van der Waals surface area (Å²) in [7, 11) is -4.25. The zero-order chi connectivity index (χ0) is 23.9. The molecule has 1 aromatic heterocycles. The third-order valence-corrected chi connectivity index (χ3v) is 7.51. The van der Waals surface area contributed by atoms with Crippen molar-refractivity contribution in [2.24, 2.45) is 0 Å². The second-order valence-electron chi connectivity index (χ2n) is 7.58. The molecule has 0 saturated carbocycles. The number of phenolic OH excluding ortho intramolecular Hbond substituents is 1. The third-order valence-electron chi connectivity index (χ3n) is 5.33. The van der Waals surface area contributed by atoms with Crippen molar-refractivity contribution in [1.82, 2.24) is 4.47 Å². The Morgan fingerprint density at radius 3 is 2.52 bits per heavy atom. The molecule has 0 spiro atoms. The lowest BCUT2D eigenvalue weighted by atomic mass is 10.1. The smallest absolute Gasteiger partial charge is 0.270 e. The molecule has 33 heavy (non-hydrogen) atoms. The van der Waals surface area contributed by atoms with Crippen molar-refractivity contribution in [1.29, 1.82) is 0 Å². The first-order valence-corrected chi connectivity index (χ1v) is 12.1. The number of hydroxylamine groups is 1. The first-order chi connectivity index (χ1) is 15.6. The van der Waals surface area contributed by atoms with Gasteiger partial charge in [-0.15, -0.1) is 0 Å². The van der Waals surface area contributed by atoms with Gasteiger partial charge in [0.25, 0.3) is 20.9 Å². The molecule has 176 valence electrons. The van der Waals surface area contributed by atoms with Crippen LogP contribution in [0.3, 0.4) is 0 Å². The van der Waals surface area contributed by atoms with Gasteiger partial charge in [-0.1, -0.05) is 23.0 Å². The van der Waals surface area contributed by atoms with E-state index in [4.69, 9.17) is 20.9 Å². The van der Waals surface area contributed by atoms with Crippen molar-refractivity contribution in [2.75, 3.05) is 23.8 Å². The van der Waals surface area contributed by atoms with Crippen molar-refractivity contribution in [3.05, 3.63) is 61.3 Å². The Morgan fingerprint density at radius 1 is 1.18 bits per heavy atom. The molecule has 0 radical (unpaired) electrons. The van der Waals surface area contributed by atoms with E-state index in [-0.39, 0.29) is 41.3 Å². The number of halogens is 1. The molecule has 3 N–H and O–H groups in total. The summed E-state index contributed by atoms with van der Waals surface area (Å²) in [6.45, 7) is 4.02. The molecule has 10 nitrogen and oxygen atoms in total. The zero-order valence-electron chi connectivity index (χ0n) is 17.8. The number of sulfonamides is 1. The van der Waals surface area contributed by atoms with Gasteiger partial charge >= 0.3 is 0 Å². The van der Waals surface area contributed by atoms with E-state index >= 15 is 0 Å². The van der Waals surface area contributed by atoms with Gasteiger partial charge in [0.15, 0.2) is 5.75 Å². The standard InChI is InChI=1S/C21H22ClN3O7S/c1-3-13(15-8-5-11(2)32-15)23-16-17(20(28)19(16)27)24-14-7-6-12(22)21(18(14)26)33(29,30)25-9-4-10-31-25/h5-8,13,23-24,26H,3-4,9-10H2,1-2H3. The normalized spacial score (nSPS) is 15.7. The Labute approximate surface area is 194 Å². The maximum atomic E-state index is 12.9. The van der Waals surface area contributed by atoms with Crippen LogP contribution < -0.4 is 21.5 Å². The van der Waals surface area contributed by atoms with Gasteiger partial charge in [0, 0.05) is 6.54 Å². The zero-order valence-corrected chi connectivity index (χ0v) is 19.4. The SMILES string of the molecule is CCC(Nc1c(Nc2ccc(Cl)c(S(=O)(=O)N3CCCO3)c2O)c(=O)c1=O)c1ccc(C)o1. The van der Waals surface area contributed by atoms with Crippen LogP contribution >= 0.6 is 11.6 Å². The minimum Gasteiger partial charge on any atom is -0.504 e. The molecule has 1 fully saturated rings. The molecule has 12 heteroatoms. The van der Waals surface area contributed by atoms with E-state index in [2.05, 4.69) is 10.6 Å². The van der Waals surface area contributed by atoms with Crippen LogP contribution in [-0.2, 0) is 14.9 Å². The van der Waals surface area contributed by atoms with Crippen LogP contribution in [0.2, 0.25) is 5.02 Å². The summed E-state index contributed by atoms with van der Waals surface area (Å²) >= 11 is 6.08. The number of nitrogens with zero attached hydrogens (tertiary/aromatic N) is 1. The lowest BCUT2D eigenvalue weighted by Gasteiger charge is -2.21. The highest BCUT2D eigenvalue weighted by Gasteiger charge is 2.35. The van der Waals surface area contributed by atoms with Crippen LogP contribution in [0.25, 0.3) is 0 Å². The molecule has 1 atom stereocenters. The average Bonchev–Trinajstić information content (AvgIpc) is 3.47. The molecular formula is C21H22ClN3O7S. The van der Waals surface area contributed by atoms with Crippen molar-refractivity contribution < 1.29 is 22.8 Å². The van der Waals surface area contributed by atoms with Gasteiger partial charge in [-0.05, 0) is 44.0 Å². The predicted molar refractivity (Wildman–Crippen MR) is 122 cm³/mol. The van der Waals surface area contributed by atoms with E-state index in [1.165, 1.54) is 12.1 Å². The maximum absolute atomic E-state index is 12.9. The number of rotatable bonds is 8. The van der Waals surface area contributed by atoms with Gasteiger partial charge < -0.3 is 20.2 Å². The molecule has 1 unspecified atom stereocenters. The van der Waals surface area contributed by atoms with E-state index in [1.807, 2.05) is 6.92 Å². The van der Waals surface area contributed by atoms with Crippen molar-refractivity contribution in [3.8, 4) is 5.75 Å². The molecule has 3 aromatic rings.